The fourth-order valence-electron chi connectivity index (χ4n) is 1.89. The lowest BCUT2D eigenvalue weighted by molar-refractivity contribution is -0.178. The summed E-state index contributed by atoms with van der Waals surface area (Å²) in [6.07, 6.45) is -0.351. The number of ether oxygens (including phenoxy) is 2. The van der Waals surface area contributed by atoms with Gasteiger partial charge in [0, 0.05) is 42.0 Å². The molecule has 0 amide bonds. The lowest BCUT2D eigenvalue weighted by Crippen LogP contribution is -2.58. The molecule has 0 spiro atoms. The fourth-order valence-corrected chi connectivity index (χ4v) is 3.39. The second kappa shape index (κ2) is 6.98. The van der Waals surface area contributed by atoms with Gasteiger partial charge in [0.2, 0.25) is 0 Å². The lowest BCUT2D eigenvalue weighted by Gasteiger charge is -2.42. The highest BCUT2D eigenvalue weighted by Gasteiger charge is 2.37. The van der Waals surface area contributed by atoms with Crippen LogP contribution in [0.4, 0.5) is 0 Å². The zero-order valence-corrected chi connectivity index (χ0v) is 13.7. The molecule has 0 aliphatic carbocycles. The molecule has 1 unspecified atom stereocenters. The molecule has 0 aliphatic rings. The molecule has 1 rings (SSSR count). The van der Waals surface area contributed by atoms with Gasteiger partial charge in [0.15, 0.2) is 6.29 Å². The van der Waals surface area contributed by atoms with Gasteiger partial charge >= 0.3 is 0 Å². The molecule has 0 aromatic carbocycles. The predicted octanol–water partition coefficient (Wildman–Crippen LogP) is 2.28. The summed E-state index contributed by atoms with van der Waals surface area (Å²) in [6, 6.07) is 2.12. The summed E-state index contributed by atoms with van der Waals surface area (Å²) in [4.78, 5) is 3.44. The van der Waals surface area contributed by atoms with Gasteiger partial charge in [-0.25, -0.2) is 0 Å². The average Bonchev–Trinajstić information content (AvgIpc) is 2.75. The summed E-state index contributed by atoms with van der Waals surface area (Å²) in [6.45, 7) is 3.32. The molecule has 4 nitrogen and oxygen atoms in total. The monoisotopic (exact) mass is 336 g/mol. The molecule has 6 heteroatoms. The summed E-state index contributed by atoms with van der Waals surface area (Å²) in [5.74, 6) is 0. The van der Waals surface area contributed by atoms with Crippen molar-refractivity contribution in [3.63, 3.8) is 0 Å². The van der Waals surface area contributed by atoms with E-state index in [2.05, 4.69) is 32.3 Å². The van der Waals surface area contributed by atoms with Gasteiger partial charge in [-0.1, -0.05) is 0 Å². The van der Waals surface area contributed by atoms with Gasteiger partial charge in [0.1, 0.15) is 0 Å². The van der Waals surface area contributed by atoms with Crippen molar-refractivity contribution in [2.45, 2.75) is 25.3 Å². The van der Waals surface area contributed by atoms with E-state index in [9.17, 15) is 0 Å². The van der Waals surface area contributed by atoms with E-state index in [4.69, 9.17) is 15.2 Å². The van der Waals surface area contributed by atoms with Crippen LogP contribution < -0.4 is 5.73 Å². The maximum absolute atomic E-state index is 5.91. The number of nitrogens with two attached hydrogens (primary N) is 1. The summed E-state index contributed by atoms with van der Waals surface area (Å²) >= 11 is 5.18. The Morgan fingerprint density at radius 2 is 2.11 bits per heavy atom. The summed E-state index contributed by atoms with van der Waals surface area (Å²) in [7, 11) is 5.31. The number of halogens is 1. The van der Waals surface area contributed by atoms with Crippen molar-refractivity contribution in [1.82, 2.24) is 4.90 Å². The number of methoxy groups -OCH3 is 2. The number of hydrogen-bond donors (Lipinski definition) is 1. The predicted molar refractivity (Wildman–Crippen MR) is 78.8 cm³/mol. The van der Waals surface area contributed by atoms with Gasteiger partial charge in [-0.3, -0.25) is 4.90 Å². The average molecular weight is 337 g/mol. The highest BCUT2D eigenvalue weighted by Crippen LogP contribution is 2.26. The zero-order chi connectivity index (χ0) is 13.8. The lowest BCUT2D eigenvalue weighted by atomic mass is 9.99. The van der Waals surface area contributed by atoms with Crippen molar-refractivity contribution in [3.8, 4) is 0 Å². The number of thiophene rings is 1. The van der Waals surface area contributed by atoms with E-state index in [1.807, 2.05) is 14.0 Å². The Bertz CT molecular complexity index is 371. The maximum atomic E-state index is 5.91. The van der Waals surface area contributed by atoms with Crippen LogP contribution in [0, 0.1) is 0 Å². The molecule has 1 aromatic rings. The van der Waals surface area contributed by atoms with Crippen LogP contribution in [-0.2, 0) is 16.0 Å². The van der Waals surface area contributed by atoms with Crippen molar-refractivity contribution in [2.24, 2.45) is 5.73 Å². The van der Waals surface area contributed by atoms with Crippen LogP contribution in [0.2, 0.25) is 0 Å². The van der Waals surface area contributed by atoms with E-state index in [0.717, 1.165) is 11.0 Å². The SMILES string of the molecule is COC(OC)C(C)(CN)N(C)Cc1cc(Br)cs1. The van der Waals surface area contributed by atoms with Crippen LogP contribution in [0.15, 0.2) is 15.9 Å². The third-order valence-electron chi connectivity index (χ3n) is 3.24. The van der Waals surface area contributed by atoms with E-state index >= 15 is 0 Å². The summed E-state index contributed by atoms with van der Waals surface area (Å²) in [5.41, 5.74) is 5.55. The number of hydrogen-bond acceptors (Lipinski definition) is 5. The molecule has 0 aliphatic heterocycles. The Hall–Kier alpha value is 0.0200. The van der Waals surface area contributed by atoms with Gasteiger partial charge in [-0.2, -0.15) is 0 Å². The van der Waals surface area contributed by atoms with Gasteiger partial charge in [0.05, 0.1) is 5.54 Å². The van der Waals surface area contributed by atoms with Crippen molar-refractivity contribution in [3.05, 3.63) is 20.8 Å². The van der Waals surface area contributed by atoms with Crippen molar-refractivity contribution >= 4 is 27.3 Å². The van der Waals surface area contributed by atoms with E-state index in [1.54, 1.807) is 25.6 Å². The Morgan fingerprint density at radius 3 is 2.50 bits per heavy atom. The summed E-state index contributed by atoms with van der Waals surface area (Å²) in [5, 5.41) is 2.08. The minimum absolute atomic E-state index is 0.351. The summed E-state index contributed by atoms with van der Waals surface area (Å²) < 4.78 is 11.9. The van der Waals surface area contributed by atoms with Crippen LogP contribution in [0.25, 0.3) is 0 Å². The molecule has 0 radical (unpaired) electrons. The van der Waals surface area contributed by atoms with E-state index in [-0.39, 0.29) is 11.8 Å². The molecule has 1 heterocycles. The molecule has 0 saturated carbocycles. The van der Waals surface area contributed by atoms with Crippen LogP contribution in [0.3, 0.4) is 0 Å². The highest BCUT2D eigenvalue weighted by atomic mass is 79.9. The Labute approximate surface area is 121 Å². The Kier molecular flexibility index (Phi) is 6.23. The third-order valence-corrected chi connectivity index (χ3v) is 4.92. The van der Waals surface area contributed by atoms with Crippen molar-refractivity contribution in [1.29, 1.82) is 0 Å². The minimum Gasteiger partial charge on any atom is -0.354 e. The molecular formula is C12H21BrN2O2S. The fraction of sp³-hybridized carbons (Fsp3) is 0.667. The first kappa shape index (κ1) is 16.1. The second-order valence-corrected chi connectivity index (χ2v) is 6.36. The van der Waals surface area contributed by atoms with Crippen LogP contribution in [0.5, 0.6) is 0 Å². The minimum atomic E-state index is -0.361. The molecule has 1 aromatic heterocycles. The molecule has 18 heavy (non-hydrogen) atoms. The smallest absolute Gasteiger partial charge is 0.176 e. The van der Waals surface area contributed by atoms with Crippen molar-refractivity contribution in [2.75, 3.05) is 27.8 Å². The Balaban J connectivity index is 2.80. The molecular weight excluding hydrogens is 316 g/mol. The molecule has 0 bridgehead atoms. The molecule has 104 valence electrons. The highest BCUT2D eigenvalue weighted by molar-refractivity contribution is 9.10. The second-order valence-electron chi connectivity index (χ2n) is 4.45. The molecule has 1 atom stereocenters. The third kappa shape index (κ3) is 3.53. The maximum Gasteiger partial charge on any atom is 0.176 e. The van der Waals surface area contributed by atoms with E-state index < -0.39 is 0 Å². The van der Waals surface area contributed by atoms with Gasteiger partial charge in [-0.15, -0.1) is 11.3 Å². The molecule has 0 fully saturated rings. The zero-order valence-electron chi connectivity index (χ0n) is 11.3. The van der Waals surface area contributed by atoms with Gasteiger partial charge < -0.3 is 15.2 Å². The molecule has 0 saturated heterocycles. The number of rotatable bonds is 7. The van der Waals surface area contributed by atoms with Crippen LogP contribution in [-0.4, -0.2) is 44.5 Å². The van der Waals surface area contributed by atoms with Crippen LogP contribution in [0.1, 0.15) is 11.8 Å². The standard InChI is InChI=1S/C12H21BrN2O2S/c1-12(8-14,11(16-3)17-4)15(2)6-10-5-9(13)7-18-10/h5,7,11H,6,8,14H2,1-4H3. The largest absolute Gasteiger partial charge is 0.354 e. The van der Waals surface area contributed by atoms with Crippen molar-refractivity contribution < 1.29 is 9.47 Å². The topological polar surface area (TPSA) is 47.7 Å². The first-order valence-electron chi connectivity index (χ1n) is 5.67. The molecule has 2 N–H and O–H groups in total. The first-order chi connectivity index (χ1) is 8.47. The number of nitrogens with zero attached hydrogens (tertiary/aromatic N) is 1. The first-order valence-corrected chi connectivity index (χ1v) is 7.35. The van der Waals surface area contributed by atoms with Gasteiger partial charge in [-0.05, 0) is 36.0 Å². The van der Waals surface area contributed by atoms with E-state index in [1.165, 1.54) is 4.88 Å². The quantitative estimate of drug-likeness (QED) is 0.776. The number of likely N-dealkylation sites (N-methyl/N-ethyl adjacent to an activating group) is 1. The van der Waals surface area contributed by atoms with E-state index in [0.29, 0.717) is 6.54 Å². The normalized spacial score (nSPS) is 15.3. The Morgan fingerprint density at radius 1 is 1.50 bits per heavy atom. The van der Waals surface area contributed by atoms with Gasteiger partial charge in [0.25, 0.3) is 0 Å². The van der Waals surface area contributed by atoms with Crippen LogP contribution >= 0.6 is 27.3 Å².